The Kier molecular flexibility index (Phi) is 8.78. The number of unbranched alkanes of at least 4 members (excludes halogenated alkanes) is 1. The van der Waals surface area contributed by atoms with E-state index < -0.39 is 5.54 Å². The lowest BCUT2D eigenvalue weighted by atomic mass is 9.78. The Morgan fingerprint density at radius 2 is 2.15 bits per heavy atom. The monoisotopic (exact) mass is 375 g/mol. The van der Waals surface area contributed by atoms with Gasteiger partial charge >= 0.3 is 0 Å². The molecule has 3 nitrogen and oxygen atoms in total. The molecule has 2 saturated carbocycles. The maximum absolute atomic E-state index is 9.50. The SMILES string of the molecule is C=C(/C=C1/CC[C@H](CCCCC(C)OC)C/C1=C/C)[C@H]1CC[C@](N)(CO)C1. The van der Waals surface area contributed by atoms with Gasteiger partial charge in [-0.1, -0.05) is 43.6 Å². The van der Waals surface area contributed by atoms with Crippen molar-refractivity contribution in [1.82, 2.24) is 0 Å². The van der Waals surface area contributed by atoms with Gasteiger partial charge in [-0.2, -0.15) is 0 Å². The summed E-state index contributed by atoms with van der Waals surface area (Å²) < 4.78 is 5.34. The van der Waals surface area contributed by atoms with E-state index in [1.807, 2.05) is 0 Å². The number of rotatable bonds is 9. The zero-order valence-corrected chi connectivity index (χ0v) is 17.8. The predicted octanol–water partition coefficient (Wildman–Crippen LogP) is 5.30. The van der Waals surface area contributed by atoms with Crippen molar-refractivity contribution in [3.63, 3.8) is 0 Å². The van der Waals surface area contributed by atoms with Gasteiger partial charge in [0.25, 0.3) is 0 Å². The summed E-state index contributed by atoms with van der Waals surface area (Å²) in [5, 5.41) is 9.50. The van der Waals surface area contributed by atoms with Gasteiger partial charge in [-0.3, -0.25) is 0 Å². The minimum absolute atomic E-state index is 0.0816. The van der Waals surface area contributed by atoms with Crippen molar-refractivity contribution in [1.29, 1.82) is 0 Å². The number of nitrogens with two attached hydrogens (primary N) is 1. The topological polar surface area (TPSA) is 55.5 Å². The largest absolute Gasteiger partial charge is 0.394 e. The number of aliphatic hydroxyl groups is 1. The van der Waals surface area contributed by atoms with Crippen molar-refractivity contribution >= 4 is 0 Å². The summed E-state index contributed by atoms with van der Waals surface area (Å²) in [6, 6.07) is 0. The van der Waals surface area contributed by atoms with E-state index in [1.165, 1.54) is 61.7 Å². The zero-order chi connectivity index (χ0) is 19.9. The molecular formula is C24H41NO2. The molecule has 3 heteroatoms. The van der Waals surface area contributed by atoms with Crippen molar-refractivity contribution in [2.24, 2.45) is 17.6 Å². The molecular weight excluding hydrogens is 334 g/mol. The molecule has 2 aliphatic carbocycles. The summed E-state index contributed by atoms with van der Waals surface area (Å²) in [5.74, 6) is 1.24. The molecule has 0 aromatic carbocycles. The summed E-state index contributed by atoms with van der Waals surface area (Å²) in [4.78, 5) is 0. The van der Waals surface area contributed by atoms with E-state index in [0.717, 1.165) is 25.2 Å². The summed E-state index contributed by atoms with van der Waals surface area (Å²) in [5.41, 5.74) is 10.0. The fourth-order valence-electron chi connectivity index (χ4n) is 4.72. The first kappa shape index (κ1) is 22.4. The summed E-state index contributed by atoms with van der Waals surface area (Å²) >= 11 is 0. The Bertz CT molecular complexity index is 551. The molecule has 0 aliphatic heterocycles. The highest BCUT2D eigenvalue weighted by Gasteiger charge is 2.36. The van der Waals surface area contributed by atoms with Gasteiger partial charge in [0.15, 0.2) is 0 Å². The molecule has 0 bridgehead atoms. The molecule has 0 heterocycles. The second-order valence-corrected chi connectivity index (χ2v) is 8.96. The van der Waals surface area contributed by atoms with Gasteiger partial charge in [0.2, 0.25) is 0 Å². The first-order valence-electron chi connectivity index (χ1n) is 10.9. The van der Waals surface area contributed by atoms with Gasteiger partial charge in [-0.15, -0.1) is 0 Å². The van der Waals surface area contributed by atoms with Gasteiger partial charge in [0.05, 0.1) is 12.7 Å². The lowest BCUT2D eigenvalue weighted by Crippen LogP contribution is -2.40. The highest BCUT2D eigenvalue weighted by atomic mass is 16.5. The highest BCUT2D eigenvalue weighted by Crippen LogP contribution is 2.40. The van der Waals surface area contributed by atoms with Gasteiger partial charge in [0.1, 0.15) is 0 Å². The van der Waals surface area contributed by atoms with Gasteiger partial charge in [-0.05, 0) is 81.8 Å². The average molecular weight is 376 g/mol. The maximum Gasteiger partial charge on any atom is 0.0611 e. The van der Waals surface area contributed by atoms with Crippen LogP contribution in [0.4, 0.5) is 0 Å². The Morgan fingerprint density at radius 3 is 2.78 bits per heavy atom. The van der Waals surface area contributed by atoms with Gasteiger partial charge in [0, 0.05) is 12.6 Å². The van der Waals surface area contributed by atoms with E-state index in [2.05, 4.69) is 32.6 Å². The molecule has 0 radical (unpaired) electrons. The van der Waals surface area contributed by atoms with E-state index in [9.17, 15) is 5.11 Å². The Morgan fingerprint density at radius 1 is 1.37 bits per heavy atom. The van der Waals surface area contributed by atoms with Crippen LogP contribution in [0, 0.1) is 11.8 Å². The van der Waals surface area contributed by atoms with Gasteiger partial charge < -0.3 is 15.6 Å². The molecule has 2 rings (SSSR count). The van der Waals surface area contributed by atoms with Crippen molar-refractivity contribution < 1.29 is 9.84 Å². The number of methoxy groups -OCH3 is 1. The highest BCUT2D eigenvalue weighted by molar-refractivity contribution is 5.39. The zero-order valence-electron chi connectivity index (χ0n) is 17.8. The predicted molar refractivity (Wildman–Crippen MR) is 115 cm³/mol. The number of allylic oxidation sites excluding steroid dienone is 5. The van der Waals surface area contributed by atoms with Crippen molar-refractivity contribution in [2.45, 2.75) is 89.7 Å². The van der Waals surface area contributed by atoms with E-state index in [1.54, 1.807) is 7.11 Å². The quantitative estimate of drug-likeness (QED) is 0.538. The van der Waals surface area contributed by atoms with Crippen LogP contribution in [0.15, 0.2) is 35.5 Å². The number of ether oxygens (including phenoxy) is 1. The van der Waals surface area contributed by atoms with E-state index >= 15 is 0 Å². The van der Waals surface area contributed by atoms with Crippen LogP contribution < -0.4 is 5.73 Å². The number of hydrogen-bond acceptors (Lipinski definition) is 3. The molecule has 0 aromatic heterocycles. The third-order valence-corrected chi connectivity index (χ3v) is 6.81. The Labute approximate surface area is 166 Å². The summed E-state index contributed by atoms with van der Waals surface area (Å²) in [6.07, 6.45) is 16.6. The summed E-state index contributed by atoms with van der Waals surface area (Å²) in [6.45, 7) is 8.75. The smallest absolute Gasteiger partial charge is 0.0611 e. The van der Waals surface area contributed by atoms with Crippen LogP contribution in [0.1, 0.15) is 78.1 Å². The molecule has 4 atom stereocenters. The standard InChI is InChI=1S/C24H41NO2/c1-5-21-15-20(9-7-6-8-19(3)27-4)10-11-22(21)14-18(2)23-12-13-24(25,16-23)17-26/h5,14,19-20,23,26H,2,6-13,15-17,25H2,1,3-4H3/b21-5-,22-14-/t19?,20-,23-,24+/m0/s1. The molecule has 0 spiro atoms. The molecule has 2 aliphatic rings. The first-order chi connectivity index (χ1) is 12.9. The number of aliphatic hydroxyl groups excluding tert-OH is 1. The molecule has 3 N–H and O–H groups in total. The second-order valence-electron chi connectivity index (χ2n) is 8.96. The molecule has 0 amide bonds. The fraction of sp³-hybridized carbons (Fsp3) is 0.750. The van der Waals surface area contributed by atoms with E-state index in [-0.39, 0.29) is 6.61 Å². The van der Waals surface area contributed by atoms with Crippen LogP contribution in [0.2, 0.25) is 0 Å². The molecule has 2 fully saturated rings. The lowest BCUT2D eigenvalue weighted by molar-refractivity contribution is 0.108. The molecule has 1 unspecified atom stereocenters. The van der Waals surface area contributed by atoms with Crippen molar-refractivity contribution in [3.05, 3.63) is 35.5 Å². The first-order valence-corrected chi connectivity index (χ1v) is 10.9. The van der Waals surface area contributed by atoms with Crippen LogP contribution >= 0.6 is 0 Å². The van der Waals surface area contributed by atoms with Crippen molar-refractivity contribution in [2.75, 3.05) is 13.7 Å². The molecule has 27 heavy (non-hydrogen) atoms. The van der Waals surface area contributed by atoms with Gasteiger partial charge in [-0.25, -0.2) is 0 Å². The normalized spacial score (nSPS) is 32.9. The van der Waals surface area contributed by atoms with Crippen LogP contribution in [0.5, 0.6) is 0 Å². The average Bonchev–Trinajstić information content (AvgIpc) is 3.09. The third kappa shape index (κ3) is 6.58. The second kappa shape index (κ2) is 10.6. The molecule has 0 aromatic rings. The van der Waals surface area contributed by atoms with Crippen molar-refractivity contribution in [3.8, 4) is 0 Å². The molecule has 0 saturated heterocycles. The van der Waals surface area contributed by atoms with Crippen LogP contribution in [-0.4, -0.2) is 30.5 Å². The number of hydrogen-bond donors (Lipinski definition) is 2. The maximum atomic E-state index is 9.50. The molecule has 154 valence electrons. The minimum Gasteiger partial charge on any atom is -0.394 e. The minimum atomic E-state index is -0.395. The summed E-state index contributed by atoms with van der Waals surface area (Å²) in [7, 11) is 1.80. The van der Waals surface area contributed by atoms with E-state index in [0.29, 0.717) is 12.0 Å². The lowest BCUT2D eigenvalue weighted by Gasteiger charge is -2.28. The van der Waals surface area contributed by atoms with E-state index in [4.69, 9.17) is 10.5 Å². The van der Waals surface area contributed by atoms with Crippen LogP contribution in [-0.2, 0) is 4.74 Å². The third-order valence-electron chi connectivity index (χ3n) is 6.81. The Hall–Kier alpha value is -0.900. The van der Waals surface area contributed by atoms with Crippen LogP contribution in [0.3, 0.4) is 0 Å². The van der Waals surface area contributed by atoms with Crippen LogP contribution in [0.25, 0.3) is 0 Å². The Balaban J connectivity index is 1.84. The fourth-order valence-corrected chi connectivity index (χ4v) is 4.72.